The molecular weight excluding hydrogens is 458 g/mol. The molecule has 4 rings (SSSR count). The minimum Gasteiger partial charge on any atom is -0.493 e. The third-order valence-corrected chi connectivity index (χ3v) is 5.44. The second kappa shape index (κ2) is 10.7. The third-order valence-electron chi connectivity index (χ3n) is 4.62. The lowest BCUT2D eigenvalue weighted by molar-refractivity contribution is -0.113. The molecule has 11 heteroatoms. The molecule has 0 spiro atoms. The normalized spacial score (nSPS) is 10.6. The van der Waals surface area contributed by atoms with Crippen molar-refractivity contribution in [1.82, 2.24) is 20.2 Å². The van der Waals surface area contributed by atoms with Crippen LogP contribution in [0.5, 0.6) is 17.2 Å². The fraction of sp³-hybridized carbons (Fsp3) is 0.174. The standard InChI is InChI=1S/C23H21N5O5S/c1-30-17-11-15(12-18(31-2)20(17)32-3)21-27-28-23(33-21)34-13-19(29)26-22-24-10-9-16(25-22)14-7-5-4-6-8-14/h4-12H,13H2,1-3H3,(H,24,25,26,29). The lowest BCUT2D eigenvalue weighted by Gasteiger charge is -2.12. The first kappa shape index (κ1) is 23.1. The highest BCUT2D eigenvalue weighted by Gasteiger charge is 2.18. The molecule has 1 N–H and O–H groups in total. The zero-order chi connectivity index (χ0) is 23.9. The molecule has 0 radical (unpaired) electrons. The minimum absolute atomic E-state index is 0.0375. The number of ether oxygens (including phenoxy) is 3. The van der Waals surface area contributed by atoms with Crippen LogP contribution in [-0.4, -0.2) is 53.2 Å². The molecule has 0 unspecified atom stereocenters. The summed E-state index contributed by atoms with van der Waals surface area (Å²) in [6, 6.07) is 14.8. The number of carbonyl (C=O) groups excluding carboxylic acids is 1. The summed E-state index contributed by atoms with van der Waals surface area (Å²) in [5, 5.41) is 11.0. The van der Waals surface area contributed by atoms with E-state index in [0.717, 1.165) is 17.3 Å². The van der Waals surface area contributed by atoms with Crippen molar-refractivity contribution < 1.29 is 23.4 Å². The van der Waals surface area contributed by atoms with Crippen LogP contribution in [0.15, 0.2) is 64.4 Å². The number of amides is 1. The van der Waals surface area contributed by atoms with Crippen LogP contribution in [0.25, 0.3) is 22.7 Å². The van der Waals surface area contributed by atoms with Crippen molar-refractivity contribution in [1.29, 1.82) is 0 Å². The van der Waals surface area contributed by atoms with Gasteiger partial charge in [-0.15, -0.1) is 10.2 Å². The van der Waals surface area contributed by atoms with Crippen LogP contribution in [0, 0.1) is 0 Å². The largest absolute Gasteiger partial charge is 0.493 e. The molecule has 0 saturated carbocycles. The van der Waals surface area contributed by atoms with E-state index < -0.39 is 0 Å². The molecule has 34 heavy (non-hydrogen) atoms. The Bertz CT molecular complexity index is 1260. The number of methoxy groups -OCH3 is 3. The zero-order valence-corrected chi connectivity index (χ0v) is 19.5. The molecule has 0 aliphatic rings. The summed E-state index contributed by atoms with van der Waals surface area (Å²) in [4.78, 5) is 20.9. The Morgan fingerprint density at radius 2 is 1.71 bits per heavy atom. The zero-order valence-electron chi connectivity index (χ0n) is 18.6. The maximum absolute atomic E-state index is 12.4. The first-order valence-electron chi connectivity index (χ1n) is 10.1. The van der Waals surface area contributed by atoms with Crippen molar-refractivity contribution in [2.24, 2.45) is 0 Å². The topological polar surface area (TPSA) is 121 Å². The number of carbonyl (C=O) groups is 1. The summed E-state index contributed by atoms with van der Waals surface area (Å²) < 4.78 is 21.7. The van der Waals surface area contributed by atoms with Gasteiger partial charge < -0.3 is 18.6 Å². The van der Waals surface area contributed by atoms with E-state index in [4.69, 9.17) is 18.6 Å². The van der Waals surface area contributed by atoms with Crippen LogP contribution >= 0.6 is 11.8 Å². The molecule has 0 aliphatic heterocycles. The third kappa shape index (κ3) is 5.26. The van der Waals surface area contributed by atoms with Crippen molar-refractivity contribution in [2.45, 2.75) is 5.22 Å². The van der Waals surface area contributed by atoms with Crippen molar-refractivity contribution >= 4 is 23.6 Å². The predicted molar refractivity (Wildman–Crippen MR) is 126 cm³/mol. The van der Waals surface area contributed by atoms with Gasteiger partial charge in [0.1, 0.15) is 0 Å². The van der Waals surface area contributed by atoms with Gasteiger partial charge in [0.25, 0.3) is 5.22 Å². The number of nitrogens with zero attached hydrogens (tertiary/aromatic N) is 4. The molecule has 4 aromatic rings. The molecular formula is C23H21N5O5S. The lowest BCUT2D eigenvalue weighted by Crippen LogP contribution is -2.16. The van der Waals surface area contributed by atoms with E-state index in [1.54, 1.807) is 24.4 Å². The van der Waals surface area contributed by atoms with E-state index in [2.05, 4.69) is 25.5 Å². The van der Waals surface area contributed by atoms with Crippen LogP contribution in [0.4, 0.5) is 5.95 Å². The molecule has 174 valence electrons. The molecule has 2 aromatic heterocycles. The number of benzene rings is 2. The molecule has 0 fully saturated rings. The Hall–Kier alpha value is -4.12. The average molecular weight is 480 g/mol. The Balaban J connectivity index is 1.40. The summed E-state index contributed by atoms with van der Waals surface area (Å²) in [5.41, 5.74) is 2.23. The molecule has 0 saturated heterocycles. The molecule has 2 aromatic carbocycles. The van der Waals surface area contributed by atoms with Crippen molar-refractivity contribution in [3.05, 3.63) is 54.7 Å². The highest BCUT2D eigenvalue weighted by molar-refractivity contribution is 7.99. The number of nitrogens with one attached hydrogen (secondary N) is 1. The summed E-state index contributed by atoms with van der Waals surface area (Å²) in [6.07, 6.45) is 1.60. The molecule has 0 aliphatic carbocycles. The number of thioether (sulfide) groups is 1. The smallest absolute Gasteiger partial charge is 0.277 e. The molecule has 10 nitrogen and oxygen atoms in total. The number of anilines is 1. The second-order valence-corrected chi connectivity index (χ2v) is 7.68. The maximum Gasteiger partial charge on any atom is 0.277 e. The Morgan fingerprint density at radius 1 is 0.971 bits per heavy atom. The van der Waals surface area contributed by atoms with E-state index in [1.807, 2.05) is 30.3 Å². The quantitative estimate of drug-likeness (QED) is 0.353. The first-order chi connectivity index (χ1) is 16.6. The summed E-state index contributed by atoms with van der Waals surface area (Å²) in [7, 11) is 4.57. The van der Waals surface area contributed by atoms with Crippen LogP contribution in [0.2, 0.25) is 0 Å². The van der Waals surface area contributed by atoms with Crippen molar-refractivity contribution in [3.63, 3.8) is 0 Å². The van der Waals surface area contributed by atoms with Crippen molar-refractivity contribution in [2.75, 3.05) is 32.4 Å². The summed E-state index contributed by atoms with van der Waals surface area (Å²) in [6.45, 7) is 0. The second-order valence-electron chi connectivity index (χ2n) is 6.76. The molecule has 1 amide bonds. The van der Waals surface area contributed by atoms with Gasteiger partial charge >= 0.3 is 0 Å². The predicted octanol–water partition coefficient (Wildman–Crippen LogP) is 3.95. The Labute approximate surface area is 199 Å². The monoisotopic (exact) mass is 479 g/mol. The van der Waals surface area contributed by atoms with Crippen LogP contribution < -0.4 is 19.5 Å². The van der Waals surface area contributed by atoms with Gasteiger partial charge in [-0.3, -0.25) is 10.1 Å². The number of rotatable bonds is 9. The van der Waals surface area contributed by atoms with E-state index >= 15 is 0 Å². The van der Waals surface area contributed by atoms with Gasteiger partial charge in [-0.25, -0.2) is 9.97 Å². The van der Waals surface area contributed by atoms with E-state index in [0.29, 0.717) is 28.5 Å². The Morgan fingerprint density at radius 3 is 2.38 bits per heavy atom. The van der Waals surface area contributed by atoms with Gasteiger partial charge in [-0.2, -0.15) is 0 Å². The highest BCUT2D eigenvalue weighted by atomic mass is 32.2. The fourth-order valence-electron chi connectivity index (χ4n) is 3.07. The van der Waals surface area contributed by atoms with Gasteiger partial charge in [0.05, 0.1) is 32.8 Å². The SMILES string of the molecule is COc1cc(-c2nnc(SCC(=O)Nc3nccc(-c4ccccc4)n3)o2)cc(OC)c1OC. The lowest BCUT2D eigenvalue weighted by atomic mass is 10.1. The minimum atomic E-state index is -0.303. The van der Waals surface area contributed by atoms with E-state index in [-0.39, 0.29) is 28.7 Å². The van der Waals surface area contributed by atoms with Crippen LogP contribution in [0.1, 0.15) is 0 Å². The van der Waals surface area contributed by atoms with Gasteiger partial charge in [0.2, 0.25) is 23.5 Å². The average Bonchev–Trinajstić information content (AvgIpc) is 3.36. The first-order valence-corrected chi connectivity index (χ1v) is 11.0. The van der Waals surface area contributed by atoms with Crippen LogP contribution in [0.3, 0.4) is 0 Å². The van der Waals surface area contributed by atoms with Gasteiger partial charge in [-0.05, 0) is 18.2 Å². The molecule has 2 heterocycles. The van der Waals surface area contributed by atoms with Gasteiger partial charge in [-0.1, -0.05) is 42.1 Å². The fourth-order valence-corrected chi connectivity index (χ4v) is 3.63. The van der Waals surface area contributed by atoms with E-state index in [1.165, 1.54) is 21.3 Å². The van der Waals surface area contributed by atoms with Gasteiger partial charge in [0.15, 0.2) is 11.5 Å². The van der Waals surface area contributed by atoms with Crippen molar-refractivity contribution in [3.8, 4) is 40.0 Å². The van der Waals surface area contributed by atoms with E-state index in [9.17, 15) is 4.79 Å². The van der Waals surface area contributed by atoms with Crippen LogP contribution in [-0.2, 0) is 4.79 Å². The highest BCUT2D eigenvalue weighted by Crippen LogP contribution is 2.41. The molecule has 0 atom stereocenters. The maximum atomic E-state index is 12.4. The number of aromatic nitrogens is 4. The number of hydrogen-bond donors (Lipinski definition) is 1. The number of hydrogen-bond acceptors (Lipinski definition) is 10. The Kier molecular flexibility index (Phi) is 7.23. The molecule has 0 bridgehead atoms. The summed E-state index contributed by atoms with van der Waals surface area (Å²) in [5.74, 6) is 1.58. The van der Waals surface area contributed by atoms with Gasteiger partial charge in [0, 0.05) is 17.3 Å². The summed E-state index contributed by atoms with van der Waals surface area (Å²) >= 11 is 1.10.